The lowest BCUT2D eigenvalue weighted by molar-refractivity contribution is -0.153. The molecule has 0 unspecified atom stereocenters. The van der Waals surface area contributed by atoms with Gasteiger partial charge in [-0.2, -0.15) is 0 Å². The van der Waals surface area contributed by atoms with E-state index in [0.717, 1.165) is 5.56 Å². The van der Waals surface area contributed by atoms with Gasteiger partial charge in [0, 0.05) is 12.0 Å². The van der Waals surface area contributed by atoms with Crippen LogP contribution in [0.5, 0.6) is 0 Å². The van der Waals surface area contributed by atoms with Crippen molar-refractivity contribution in [2.75, 3.05) is 6.61 Å². The Hall–Kier alpha value is -1.94. The highest BCUT2D eigenvalue weighted by Gasteiger charge is 2.19. The van der Waals surface area contributed by atoms with Gasteiger partial charge in [-0.05, 0) is 26.3 Å². The predicted molar refractivity (Wildman–Crippen MR) is 86.4 cm³/mol. The second-order valence-electron chi connectivity index (χ2n) is 6.33. The molecule has 0 aliphatic heterocycles. The van der Waals surface area contributed by atoms with E-state index in [0.29, 0.717) is 6.61 Å². The molecule has 1 aromatic rings. The minimum atomic E-state index is -0.863. The topological polar surface area (TPSA) is 72.8 Å². The monoisotopic (exact) mass is 320 g/mol. The highest BCUT2D eigenvalue weighted by Crippen LogP contribution is 2.14. The third kappa shape index (κ3) is 8.94. The molecule has 0 spiro atoms. The van der Waals surface area contributed by atoms with Crippen LogP contribution < -0.4 is 0 Å². The number of carbonyl (C=O) groups excluding carboxylic acids is 2. The average molecular weight is 320 g/mol. The molecule has 5 heteroatoms. The van der Waals surface area contributed by atoms with Crippen LogP contribution in [0.25, 0.3) is 0 Å². The van der Waals surface area contributed by atoms with Gasteiger partial charge in [-0.3, -0.25) is 4.79 Å². The van der Waals surface area contributed by atoms with Gasteiger partial charge in [0.05, 0.1) is 25.7 Å². The number of ether oxygens (including phenoxy) is 2. The maximum Gasteiger partial charge on any atom is 0.311 e. The molecule has 0 saturated carbocycles. The summed E-state index contributed by atoms with van der Waals surface area (Å²) in [7, 11) is 0. The highest BCUT2D eigenvalue weighted by atomic mass is 16.6. The van der Waals surface area contributed by atoms with Gasteiger partial charge in [0.2, 0.25) is 0 Å². The summed E-state index contributed by atoms with van der Waals surface area (Å²) in [4.78, 5) is 22.6. The number of hydrogen-bond acceptors (Lipinski definition) is 5. The van der Waals surface area contributed by atoms with E-state index < -0.39 is 17.7 Å². The zero-order valence-corrected chi connectivity index (χ0v) is 13.9. The lowest BCUT2D eigenvalue weighted by atomic mass is 10.1. The molecule has 1 rings (SSSR count). The van der Waals surface area contributed by atoms with Crippen LogP contribution in [0.3, 0.4) is 0 Å². The largest absolute Gasteiger partial charge is 0.460 e. The van der Waals surface area contributed by atoms with E-state index in [9.17, 15) is 14.7 Å². The first-order valence-corrected chi connectivity index (χ1v) is 7.54. The lowest BCUT2D eigenvalue weighted by Crippen LogP contribution is -2.25. The van der Waals surface area contributed by atoms with Crippen molar-refractivity contribution in [3.63, 3.8) is 0 Å². The van der Waals surface area contributed by atoms with Gasteiger partial charge in [-0.25, -0.2) is 4.79 Å². The van der Waals surface area contributed by atoms with Crippen LogP contribution in [0, 0.1) is 0 Å². The Balaban J connectivity index is 2.34. The minimum absolute atomic E-state index is 0.0392. The predicted octanol–water partition coefficient (Wildman–Crippen LogP) is 2.44. The summed E-state index contributed by atoms with van der Waals surface area (Å²) in [5.74, 6) is 1.20. The third-order valence-corrected chi connectivity index (χ3v) is 2.83. The molecule has 0 bridgehead atoms. The van der Waals surface area contributed by atoms with Gasteiger partial charge in [-0.15, -0.1) is 0 Å². The van der Waals surface area contributed by atoms with Crippen molar-refractivity contribution in [3.8, 4) is 0 Å². The molecule has 0 aliphatic rings. The molecule has 126 valence electrons. The molecular formula is C18H24O5. The number of hydrogen-bond donors (Lipinski definition) is 1. The smallest absolute Gasteiger partial charge is 0.311 e. The van der Waals surface area contributed by atoms with Crippen molar-refractivity contribution in [1.82, 2.24) is 0 Å². The Morgan fingerprint density at radius 1 is 1.26 bits per heavy atom. The van der Waals surface area contributed by atoms with E-state index in [4.69, 9.17) is 9.47 Å². The van der Waals surface area contributed by atoms with Gasteiger partial charge >= 0.3 is 5.97 Å². The van der Waals surface area contributed by atoms with Gasteiger partial charge in [0.15, 0.2) is 0 Å². The summed E-state index contributed by atoms with van der Waals surface area (Å²) in [6.45, 7) is 5.71. The highest BCUT2D eigenvalue weighted by molar-refractivity contribution is 5.76. The van der Waals surface area contributed by atoms with Crippen molar-refractivity contribution in [2.24, 2.45) is 0 Å². The van der Waals surface area contributed by atoms with E-state index in [1.165, 1.54) is 0 Å². The summed E-state index contributed by atoms with van der Waals surface area (Å²) in [6.07, 6.45) is -0.994. The van der Waals surface area contributed by atoms with Crippen molar-refractivity contribution in [3.05, 3.63) is 41.5 Å². The van der Waals surface area contributed by atoms with E-state index in [1.807, 2.05) is 30.3 Å². The van der Waals surface area contributed by atoms with Crippen molar-refractivity contribution < 1.29 is 24.2 Å². The Kier molecular flexibility index (Phi) is 7.69. The molecule has 0 saturated heterocycles. The van der Waals surface area contributed by atoms with Crippen LogP contribution in [0.1, 0.15) is 39.2 Å². The normalized spacial score (nSPS) is 12.3. The molecule has 0 amide bonds. The van der Waals surface area contributed by atoms with Gasteiger partial charge in [0.25, 0.3) is 0 Å². The molecule has 1 atom stereocenters. The Labute approximate surface area is 136 Å². The zero-order valence-electron chi connectivity index (χ0n) is 13.9. The zero-order chi connectivity index (χ0) is 17.3. The molecule has 5 nitrogen and oxygen atoms in total. The van der Waals surface area contributed by atoms with E-state index in [2.05, 4.69) is 0 Å². The van der Waals surface area contributed by atoms with Crippen molar-refractivity contribution in [2.45, 2.75) is 51.9 Å². The second-order valence-corrected chi connectivity index (χ2v) is 6.33. The Bertz CT molecular complexity index is 538. The molecule has 0 heterocycles. The first kappa shape index (κ1) is 19.1. The molecule has 1 N–H and O–H groups in total. The van der Waals surface area contributed by atoms with Crippen molar-refractivity contribution in [1.29, 1.82) is 0 Å². The van der Waals surface area contributed by atoms with Crippen LogP contribution in [-0.2, 0) is 25.7 Å². The van der Waals surface area contributed by atoms with Crippen molar-refractivity contribution >= 4 is 11.9 Å². The maximum atomic E-state index is 11.7. The summed E-state index contributed by atoms with van der Waals surface area (Å²) in [5.41, 5.74) is 0.567. The SMILES string of the molecule is CC(C)(C)OC(=O)CC(=C=O)C[C@H](O)COCc1ccccc1. The average Bonchev–Trinajstić information content (AvgIpc) is 2.45. The van der Waals surface area contributed by atoms with Crippen LogP contribution in [-0.4, -0.2) is 35.3 Å². The fourth-order valence-corrected chi connectivity index (χ4v) is 1.93. The summed E-state index contributed by atoms with van der Waals surface area (Å²) >= 11 is 0. The van der Waals surface area contributed by atoms with Crippen LogP contribution in [0.2, 0.25) is 0 Å². The number of benzene rings is 1. The third-order valence-electron chi connectivity index (χ3n) is 2.83. The summed E-state index contributed by atoms with van der Waals surface area (Å²) in [5, 5.41) is 9.90. The van der Waals surface area contributed by atoms with Gasteiger partial charge < -0.3 is 14.6 Å². The number of rotatable bonds is 8. The molecule has 0 radical (unpaired) electrons. The fraction of sp³-hybridized carbons (Fsp3) is 0.500. The molecule has 23 heavy (non-hydrogen) atoms. The molecule has 0 fully saturated rings. The van der Waals surface area contributed by atoms with Crippen LogP contribution in [0.4, 0.5) is 0 Å². The minimum Gasteiger partial charge on any atom is -0.460 e. The molecule has 1 aromatic carbocycles. The quantitative estimate of drug-likeness (QED) is 0.588. The molecule has 0 aromatic heterocycles. The lowest BCUT2D eigenvalue weighted by Gasteiger charge is -2.19. The number of esters is 1. The summed E-state index contributed by atoms with van der Waals surface area (Å²) in [6, 6.07) is 9.57. The first-order valence-electron chi connectivity index (χ1n) is 7.54. The molecule has 0 aliphatic carbocycles. The Morgan fingerprint density at radius 2 is 1.91 bits per heavy atom. The van der Waals surface area contributed by atoms with Crippen LogP contribution in [0.15, 0.2) is 35.9 Å². The maximum absolute atomic E-state index is 11.7. The molecular weight excluding hydrogens is 296 g/mol. The Morgan fingerprint density at radius 3 is 2.48 bits per heavy atom. The van der Waals surface area contributed by atoms with Gasteiger partial charge in [0.1, 0.15) is 11.5 Å². The number of carbonyl (C=O) groups is 1. The van der Waals surface area contributed by atoms with E-state index in [-0.39, 0.29) is 25.0 Å². The standard InChI is InChI=1S/C18H24O5/c1-18(2,3)23-17(21)10-15(11-19)9-16(20)13-22-12-14-7-5-4-6-8-14/h4-8,16,20H,9-10,12-13H2,1-3H3/t16-/m0/s1. The number of aliphatic hydroxyl groups excluding tert-OH is 1. The van der Waals surface area contributed by atoms with E-state index >= 15 is 0 Å². The fourth-order valence-electron chi connectivity index (χ4n) is 1.93. The van der Waals surface area contributed by atoms with Gasteiger partial charge in [-0.1, -0.05) is 30.3 Å². The second kappa shape index (κ2) is 9.26. The summed E-state index contributed by atoms with van der Waals surface area (Å²) < 4.78 is 10.5. The first-order chi connectivity index (χ1) is 10.8. The number of aliphatic hydroxyl groups is 1. The van der Waals surface area contributed by atoms with E-state index in [1.54, 1.807) is 26.7 Å². The van der Waals surface area contributed by atoms with Crippen LogP contribution >= 0.6 is 0 Å².